The maximum atomic E-state index is 14.1. The first-order valence-corrected chi connectivity index (χ1v) is 14.2. The van der Waals surface area contributed by atoms with Crippen LogP contribution in [0.15, 0.2) is 69.6 Å². The van der Waals surface area contributed by atoms with Crippen molar-refractivity contribution in [3.63, 3.8) is 0 Å². The number of rotatable bonds is 7. The topological polar surface area (TPSA) is 84.1 Å². The number of allylic oxidation sites excluding steroid dienone is 1. The van der Waals surface area contributed by atoms with Crippen LogP contribution in [0, 0.1) is 20.8 Å². The van der Waals surface area contributed by atoms with Gasteiger partial charge in [-0.25, -0.2) is 9.79 Å². The molecule has 1 aliphatic rings. The Balaban J connectivity index is 1.70. The minimum absolute atomic E-state index is 0.204. The monoisotopic (exact) mass is 571 g/mol. The number of hydrogen-bond donors (Lipinski definition) is 0. The van der Waals surface area contributed by atoms with E-state index in [0.29, 0.717) is 37.7 Å². The molecule has 4 aromatic rings. The summed E-state index contributed by atoms with van der Waals surface area (Å²) >= 11 is 1.30. The number of benzene rings is 2. The van der Waals surface area contributed by atoms with Crippen LogP contribution in [0.1, 0.15) is 48.0 Å². The first kappa shape index (κ1) is 28.2. The van der Waals surface area contributed by atoms with Gasteiger partial charge in [-0.3, -0.25) is 9.36 Å². The molecule has 0 spiro atoms. The molecule has 0 fully saturated rings. The summed E-state index contributed by atoms with van der Waals surface area (Å²) in [5.74, 6) is 0.531. The van der Waals surface area contributed by atoms with Crippen LogP contribution in [-0.2, 0) is 9.53 Å². The van der Waals surface area contributed by atoms with Crippen LogP contribution in [0.25, 0.3) is 11.8 Å². The number of carbonyl (C=O) groups excluding carboxylic acids is 1. The smallest absolute Gasteiger partial charge is 0.338 e. The van der Waals surface area contributed by atoms with Crippen molar-refractivity contribution < 1.29 is 19.0 Å². The molecule has 0 radical (unpaired) electrons. The number of aryl methyl sites for hydroxylation is 2. The lowest BCUT2D eigenvalue weighted by Crippen LogP contribution is -2.40. The molecule has 1 atom stereocenters. The van der Waals surface area contributed by atoms with E-state index < -0.39 is 12.0 Å². The van der Waals surface area contributed by atoms with E-state index >= 15 is 0 Å². The Morgan fingerprint density at radius 2 is 1.71 bits per heavy atom. The molecule has 9 heteroatoms. The summed E-state index contributed by atoms with van der Waals surface area (Å²) in [6.45, 7) is 9.89. The van der Waals surface area contributed by atoms with E-state index in [4.69, 9.17) is 14.2 Å². The molecular weight excluding hydrogens is 538 g/mol. The van der Waals surface area contributed by atoms with Crippen molar-refractivity contribution in [2.45, 2.75) is 40.7 Å². The van der Waals surface area contributed by atoms with Gasteiger partial charge in [-0.2, -0.15) is 0 Å². The first-order chi connectivity index (χ1) is 19.7. The maximum Gasteiger partial charge on any atom is 0.338 e. The number of thiazole rings is 1. The maximum absolute atomic E-state index is 14.1. The highest BCUT2D eigenvalue weighted by Crippen LogP contribution is 2.36. The van der Waals surface area contributed by atoms with E-state index in [0.717, 1.165) is 22.6 Å². The van der Waals surface area contributed by atoms with Crippen LogP contribution >= 0.6 is 11.3 Å². The van der Waals surface area contributed by atoms with Crippen LogP contribution in [0.5, 0.6) is 11.5 Å². The molecule has 2 aromatic carbocycles. The zero-order valence-electron chi connectivity index (χ0n) is 24.3. The number of hydrogen-bond acceptors (Lipinski definition) is 7. The number of carbonyl (C=O) groups is 1. The highest BCUT2D eigenvalue weighted by Gasteiger charge is 2.34. The molecule has 8 nitrogen and oxygen atoms in total. The van der Waals surface area contributed by atoms with E-state index in [2.05, 4.69) is 53.7 Å². The van der Waals surface area contributed by atoms with E-state index in [1.54, 1.807) is 44.8 Å². The Bertz CT molecular complexity index is 1860. The van der Waals surface area contributed by atoms with Crippen molar-refractivity contribution in [1.29, 1.82) is 0 Å². The Hall–Kier alpha value is -4.37. The summed E-state index contributed by atoms with van der Waals surface area (Å²) in [5, 5.41) is 0. The third-order valence-corrected chi connectivity index (χ3v) is 8.27. The van der Waals surface area contributed by atoms with Gasteiger partial charge in [-0.15, -0.1) is 0 Å². The summed E-state index contributed by atoms with van der Waals surface area (Å²) in [6.07, 6.45) is 1.91. The second-order valence-electron chi connectivity index (χ2n) is 9.91. The molecule has 1 unspecified atom stereocenters. The van der Waals surface area contributed by atoms with Crippen molar-refractivity contribution in [3.05, 3.63) is 108 Å². The highest BCUT2D eigenvalue weighted by atomic mass is 32.1. The molecule has 2 aromatic heterocycles. The molecule has 0 bridgehead atoms. The van der Waals surface area contributed by atoms with Gasteiger partial charge in [0.15, 0.2) is 16.3 Å². The van der Waals surface area contributed by atoms with Crippen LogP contribution in [0.4, 0.5) is 0 Å². The SMILES string of the molecule is CCOC(=O)C1=C(C)N=c2s/c(=C/c3cc(C)n(-c4ccc(C)cc4)c3C)c(=O)n2C1c1ccc(OC)c(OC)c1. The van der Waals surface area contributed by atoms with Crippen LogP contribution in [-0.4, -0.2) is 35.9 Å². The Kier molecular flexibility index (Phi) is 7.73. The van der Waals surface area contributed by atoms with E-state index in [9.17, 15) is 9.59 Å². The fourth-order valence-corrected chi connectivity index (χ4v) is 6.33. The van der Waals surface area contributed by atoms with E-state index in [1.807, 2.05) is 19.1 Å². The number of esters is 1. The lowest BCUT2D eigenvalue weighted by molar-refractivity contribution is -0.139. The molecule has 5 rings (SSSR count). The third kappa shape index (κ3) is 5.02. The number of ether oxygens (including phenoxy) is 3. The Labute approximate surface area is 242 Å². The summed E-state index contributed by atoms with van der Waals surface area (Å²) in [4.78, 5) is 32.5. The second-order valence-corrected chi connectivity index (χ2v) is 10.9. The quantitative estimate of drug-likeness (QED) is 0.305. The predicted molar refractivity (Wildman–Crippen MR) is 160 cm³/mol. The Morgan fingerprint density at radius 1 is 1.00 bits per heavy atom. The zero-order chi connectivity index (χ0) is 29.4. The molecule has 0 saturated heterocycles. The zero-order valence-corrected chi connectivity index (χ0v) is 25.1. The average molecular weight is 572 g/mol. The largest absolute Gasteiger partial charge is 0.493 e. The van der Waals surface area contributed by atoms with Crippen LogP contribution in [0.2, 0.25) is 0 Å². The average Bonchev–Trinajstić information content (AvgIpc) is 3.41. The standard InChI is InChI=1S/C32H33N3O5S/c1-8-40-31(37)28-20(4)33-32-35(29(28)22-11-14-25(38-6)26(16-22)39-7)30(36)27(41-32)17-23-15-19(3)34(21(23)5)24-12-9-18(2)10-13-24/h9-17,29H,8H2,1-7H3/b27-17+. The van der Waals surface area contributed by atoms with Gasteiger partial charge >= 0.3 is 5.97 Å². The fraction of sp³-hybridized carbons (Fsp3) is 0.281. The molecule has 1 aliphatic heterocycles. The molecular formula is C32H33N3O5S. The van der Waals surface area contributed by atoms with Crippen molar-refractivity contribution in [2.75, 3.05) is 20.8 Å². The van der Waals surface area contributed by atoms with Gasteiger partial charge in [-0.1, -0.05) is 35.1 Å². The lowest BCUT2D eigenvalue weighted by Gasteiger charge is -2.25. The van der Waals surface area contributed by atoms with Gasteiger partial charge in [0.25, 0.3) is 5.56 Å². The highest BCUT2D eigenvalue weighted by molar-refractivity contribution is 7.07. The van der Waals surface area contributed by atoms with E-state index in [-0.39, 0.29) is 12.2 Å². The lowest BCUT2D eigenvalue weighted by atomic mass is 9.95. The Morgan fingerprint density at radius 3 is 2.37 bits per heavy atom. The summed E-state index contributed by atoms with van der Waals surface area (Å²) < 4.78 is 20.6. The summed E-state index contributed by atoms with van der Waals surface area (Å²) in [7, 11) is 3.11. The first-order valence-electron chi connectivity index (χ1n) is 13.4. The van der Waals surface area contributed by atoms with Gasteiger partial charge in [0.1, 0.15) is 0 Å². The molecule has 0 saturated carbocycles. The normalized spacial score (nSPS) is 15.0. The van der Waals surface area contributed by atoms with Gasteiger partial charge in [0.05, 0.1) is 42.7 Å². The number of fused-ring (bicyclic) bond motifs is 1. The van der Waals surface area contributed by atoms with Crippen LogP contribution < -0.4 is 24.4 Å². The summed E-state index contributed by atoms with van der Waals surface area (Å²) in [5.41, 5.74) is 6.56. The fourth-order valence-electron chi connectivity index (χ4n) is 5.30. The summed E-state index contributed by atoms with van der Waals surface area (Å²) in [6, 6.07) is 15.1. The van der Waals surface area contributed by atoms with Gasteiger partial charge in [-0.05, 0) is 82.2 Å². The molecule has 0 amide bonds. The number of aromatic nitrogens is 2. The molecule has 212 valence electrons. The molecule has 41 heavy (non-hydrogen) atoms. The van der Waals surface area contributed by atoms with Crippen molar-refractivity contribution >= 4 is 23.4 Å². The van der Waals surface area contributed by atoms with E-state index in [1.165, 1.54) is 16.9 Å². The van der Waals surface area contributed by atoms with Crippen molar-refractivity contribution in [1.82, 2.24) is 9.13 Å². The predicted octanol–water partition coefficient (Wildman–Crippen LogP) is 4.53. The molecule has 0 N–H and O–H groups in total. The number of nitrogens with zero attached hydrogens (tertiary/aromatic N) is 3. The number of methoxy groups -OCH3 is 2. The third-order valence-electron chi connectivity index (χ3n) is 7.29. The van der Waals surface area contributed by atoms with Gasteiger partial charge < -0.3 is 18.8 Å². The second kappa shape index (κ2) is 11.2. The molecule has 3 heterocycles. The van der Waals surface area contributed by atoms with Crippen molar-refractivity contribution in [2.24, 2.45) is 4.99 Å². The minimum atomic E-state index is -0.743. The molecule has 0 aliphatic carbocycles. The van der Waals surface area contributed by atoms with Gasteiger partial charge in [0, 0.05) is 17.1 Å². The van der Waals surface area contributed by atoms with Gasteiger partial charge in [0.2, 0.25) is 0 Å². The minimum Gasteiger partial charge on any atom is -0.493 e. The van der Waals surface area contributed by atoms with Crippen LogP contribution in [0.3, 0.4) is 0 Å². The van der Waals surface area contributed by atoms with Crippen molar-refractivity contribution in [3.8, 4) is 17.2 Å².